The van der Waals surface area contributed by atoms with Gasteiger partial charge in [-0.05, 0) is 25.7 Å². The van der Waals surface area contributed by atoms with Crippen LogP contribution in [0, 0.1) is 0 Å². The zero-order valence-corrected chi connectivity index (χ0v) is 10.7. The van der Waals surface area contributed by atoms with Crippen LogP contribution in [-0.4, -0.2) is 24.1 Å². The van der Waals surface area contributed by atoms with Gasteiger partial charge in [0.25, 0.3) is 0 Å². The van der Waals surface area contributed by atoms with Crippen LogP contribution in [0.2, 0.25) is 0 Å². The van der Waals surface area contributed by atoms with Crippen LogP contribution >= 0.6 is 11.5 Å². The summed E-state index contributed by atoms with van der Waals surface area (Å²) < 4.78 is 6.39. The van der Waals surface area contributed by atoms with E-state index >= 15 is 0 Å². The number of rotatable bonds is 3. The second-order valence-electron chi connectivity index (χ2n) is 4.91. The van der Waals surface area contributed by atoms with Gasteiger partial charge in [0.2, 0.25) is 5.13 Å². The molecule has 1 aliphatic heterocycles. The van der Waals surface area contributed by atoms with Gasteiger partial charge in [-0.1, -0.05) is 0 Å². The molecular weight excluding hydrogens is 248 g/mol. The molecule has 0 bridgehead atoms. The molecule has 0 aromatic carbocycles. The molecule has 18 heavy (non-hydrogen) atoms. The molecule has 0 spiro atoms. The Balaban J connectivity index is 1.54. The number of aryl methyl sites for hydroxylation is 1. The molecule has 0 saturated heterocycles. The maximum absolute atomic E-state index is 4.56. The van der Waals surface area contributed by atoms with Crippen molar-refractivity contribution < 1.29 is 0 Å². The molecule has 3 heterocycles. The molecule has 7 heteroatoms. The fourth-order valence-corrected chi connectivity index (χ4v) is 3.08. The molecule has 1 fully saturated rings. The smallest absolute Gasteiger partial charge is 0.203 e. The Labute approximate surface area is 109 Å². The molecule has 1 N–H and O–H groups in total. The molecule has 2 aromatic heterocycles. The van der Waals surface area contributed by atoms with Crippen LogP contribution in [0.1, 0.15) is 49.3 Å². The normalized spacial score (nSPS) is 22.8. The van der Waals surface area contributed by atoms with Crippen molar-refractivity contribution in [2.75, 3.05) is 5.32 Å². The van der Waals surface area contributed by atoms with Gasteiger partial charge in [-0.3, -0.25) is 0 Å². The lowest BCUT2D eigenvalue weighted by molar-refractivity contribution is 0.437. The second kappa shape index (κ2) is 4.01. The standard InChI is InChI=1S/C11H14N6S/c1-2-8(10-12-6-13-17(10)5-1)14-11-15-9(16-18-11)7-3-4-7/h6-8H,1-5H2,(H,14,15,16). The average molecular weight is 262 g/mol. The molecule has 0 radical (unpaired) electrons. The van der Waals surface area contributed by atoms with Gasteiger partial charge < -0.3 is 5.32 Å². The Kier molecular flexibility index (Phi) is 2.32. The van der Waals surface area contributed by atoms with Crippen molar-refractivity contribution in [1.29, 1.82) is 0 Å². The molecule has 4 rings (SSSR count). The third-order valence-electron chi connectivity index (χ3n) is 3.50. The maximum atomic E-state index is 4.56. The van der Waals surface area contributed by atoms with Crippen molar-refractivity contribution in [3.05, 3.63) is 18.0 Å². The molecule has 1 aliphatic carbocycles. The highest BCUT2D eigenvalue weighted by Gasteiger charge is 2.29. The minimum absolute atomic E-state index is 0.223. The lowest BCUT2D eigenvalue weighted by atomic mass is 10.1. The lowest BCUT2D eigenvalue weighted by Gasteiger charge is -2.22. The largest absolute Gasteiger partial charge is 0.350 e. The predicted octanol–water partition coefficient (Wildman–Crippen LogP) is 1.95. The van der Waals surface area contributed by atoms with Crippen LogP contribution in [0.5, 0.6) is 0 Å². The van der Waals surface area contributed by atoms with Gasteiger partial charge in [0.15, 0.2) is 0 Å². The van der Waals surface area contributed by atoms with Crippen LogP contribution in [0.15, 0.2) is 6.33 Å². The van der Waals surface area contributed by atoms with Crippen molar-refractivity contribution in [1.82, 2.24) is 24.1 Å². The van der Waals surface area contributed by atoms with Crippen molar-refractivity contribution in [3.63, 3.8) is 0 Å². The number of hydrogen-bond acceptors (Lipinski definition) is 6. The zero-order valence-electron chi connectivity index (χ0n) is 9.91. The van der Waals surface area contributed by atoms with Gasteiger partial charge in [-0.25, -0.2) is 14.6 Å². The molecule has 1 saturated carbocycles. The highest BCUT2D eigenvalue weighted by Crippen LogP contribution is 2.39. The van der Waals surface area contributed by atoms with E-state index in [0.29, 0.717) is 5.92 Å². The van der Waals surface area contributed by atoms with Crippen LogP contribution in [-0.2, 0) is 6.54 Å². The molecular formula is C11H14N6S. The number of nitrogens with one attached hydrogen (secondary N) is 1. The molecule has 1 unspecified atom stereocenters. The number of aromatic nitrogens is 5. The molecule has 2 aromatic rings. The summed E-state index contributed by atoms with van der Waals surface area (Å²) in [4.78, 5) is 8.90. The lowest BCUT2D eigenvalue weighted by Crippen LogP contribution is -2.22. The first-order valence-electron chi connectivity index (χ1n) is 6.38. The highest BCUT2D eigenvalue weighted by atomic mass is 32.1. The second-order valence-corrected chi connectivity index (χ2v) is 5.66. The monoisotopic (exact) mass is 262 g/mol. The molecule has 6 nitrogen and oxygen atoms in total. The van der Waals surface area contributed by atoms with Crippen LogP contribution < -0.4 is 5.32 Å². The molecule has 0 amide bonds. The number of fused-ring (bicyclic) bond motifs is 1. The van der Waals surface area contributed by atoms with Gasteiger partial charge >= 0.3 is 0 Å². The fraction of sp³-hybridized carbons (Fsp3) is 0.636. The Bertz CT molecular complexity index is 557. The maximum Gasteiger partial charge on any atom is 0.203 e. The summed E-state index contributed by atoms with van der Waals surface area (Å²) in [6, 6.07) is 0.223. The average Bonchev–Trinajstić information content (AvgIpc) is 2.94. The first-order chi connectivity index (χ1) is 8.90. The van der Waals surface area contributed by atoms with E-state index in [0.717, 1.165) is 36.2 Å². The zero-order chi connectivity index (χ0) is 11.9. The van der Waals surface area contributed by atoms with Gasteiger partial charge in [-0.15, -0.1) is 0 Å². The van der Waals surface area contributed by atoms with Crippen molar-refractivity contribution in [2.45, 2.75) is 44.2 Å². The number of hydrogen-bond donors (Lipinski definition) is 1. The quantitative estimate of drug-likeness (QED) is 0.915. The minimum Gasteiger partial charge on any atom is -0.350 e. The Morgan fingerprint density at radius 1 is 1.33 bits per heavy atom. The van der Waals surface area contributed by atoms with Crippen LogP contribution in [0.4, 0.5) is 5.13 Å². The fourth-order valence-electron chi connectivity index (χ4n) is 2.38. The van der Waals surface area contributed by atoms with Crippen molar-refractivity contribution >= 4 is 16.7 Å². The van der Waals surface area contributed by atoms with E-state index in [1.807, 2.05) is 4.68 Å². The third kappa shape index (κ3) is 1.78. The van der Waals surface area contributed by atoms with Gasteiger partial charge in [0.1, 0.15) is 18.0 Å². The van der Waals surface area contributed by atoms with Crippen LogP contribution in [0.25, 0.3) is 0 Å². The Morgan fingerprint density at radius 3 is 3.17 bits per heavy atom. The first-order valence-corrected chi connectivity index (χ1v) is 7.15. The molecule has 1 atom stereocenters. The summed E-state index contributed by atoms with van der Waals surface area (Å²) in [5.74, 6) is 2.65. The van der Waals surface area contributed by atoms with E-state index in [1.165, 1.54) is 24.4 Å². The highest BCUT2D eigenvalue weighted by molar-refractivity contribution is 7.09. The minimum atomic E-state index is 0.223. The van der Waals surface area contributed by atoms with Crippen molar-refractivity contribution in [2.24, 2.45) is 0 Å². The third-order valence-corrected chi connectivity index (χ3v) is 4.16. The van der Waals surface area contributed by atoms with E-state index in [4.69, 9.17) is 0 Å². The van der Waals surface area contributed by atoms with E-state index in [1.54, 1.807) is 6.33 Å². The van der Waals surface area contributed by atoms with E-state index < -0.39 is 0 Å². The van der Waals surface area contributed by atoms with Gasteiger partial charge in [0.05, 0.1) is 6.04 Å². The molecule has 2 aliphatic rings. The first kappa shape index (κ1) is 10.4. The Hall–Kier alpha value is -1.50. The molecule has 94 valence electrons. The van der Waals surface area contributed by atoms with Crippen LogP contribution in [0.3, 0.4) is 0 Å². The van der Waals surface area contributed by atoms with E-state index in [-0.39, 0.29) is 6.04 Å². The summed E-state index contributed by atoms with van der Waals surface area (Å²) in [6.45, 7) is 0.969. The summed E-state index contributed by atoms with van der Waals surface area (Å²) >= 11 is 1.46. The van der Waals surface area contributed by atoms with E-state index in [2.05, 4.69) is 24.8 Å². The topological polar surface area (TPSA) is 68.5 Å². The Morgan fingerprint density at radius 2 is 2.28 bits per heavy atom. The van der Waals surface area contributed by atoms with Gasteiger partial charge in [-0.2, -0.15) is 9.47 Å². The summed E-state index contributed by atoms with van der Waals surface area (Å²) in [5, 5.41) is 8.59. The van der Waals surface area contributed by atoms with Gasteiger partial charge in [0, 0.05) is 24.0 Å². The number of anilines is 1. The summed E-state index contributed by atoms with van der Waals surface area (Å²) in [6.07, 6.45) is 6.33. The van der Waals surface area contributed by atoms with E-state index in [9.17, 15) is 0 Å². The summed E-state index contributed by atoms with van der Waals surface area (Å²) in [5.41, 5.74) is 0. The predicted molar refractivity (Wildman–Crippen MR) is 67.5 cm³/mol. The SMILES string of the molecule is c1nc2n(n1)CCCC2Nc1nc(C2CC2)ns1. The summed E-state index contributed by atoms with van der Waals surface area (Å²) in [7, 11) is 0. The van der Waals surface area contributed by atoms with Crippen molar-refractivity contribution in [3.8, 4) is 0 Å². The number of nitrogens with zero attached hydrogens (tertiary/aromatic N) is 5.